The highest BCUT2D eigenvalue weighted by Crippen LogP contribution is 2.28. The molecule has 0 unspecified atom stereocenters. The topological polar surface area (TPSA) is 56.6 Å². The number of para-hydroxylation sites is 3. The molecule has 6 rings (SSSR count). The maximum Gasteiger partial charge on any atom is 0.223 e. The van der Waals surface area contributed by atoms with Gasteiger partial charge in [-0.2, -0.15) is 0 Å². The number of hydrogen-bond donors (Lipinski definition) is 1. The van der Waals surface area contributed by atoms with Crippen molar-refractivity contribution < 1.29 is 9.18 Å². The number of carbonyl (C=O) groups excluding carboxylic acids is 1. The smallest absolute Gasteiger partial charge is 0.223 e. The van der Waals surface area contributed by atoms with Gasteiger partial charge in [-0.1, -0.05) is 42.5 Å². The van der Waals surface area contributed by atoms with Gasteiger partial charge in [0, 0.05) is 57.4 Å². The van der Waals surface area contributed by atoms with Gasteiger partial charge in [0.15, 0.2) is 0 Å². The maximum absolute atomic E-state index is 13.5. The quantitative estimate of drug-likeness (QED) is 0.302. The number of nitrogens with zero attached hydrogens (tertiary/aromatic N) is 5. The highest BCUT2D eigenvalue weighted by atomic mass is 19.1. The second-order valence-corrected chi connectivity index (χ2v) is 11.2. The molecule has 4 aromatic rings. The molecule has 0 spiro atoms. The second-order valence-electron chi connectivity index (χ2n) is 11.2. The van der Waals surface area contributed by atoms with Gasteiger partial charge in [-0.15, -0.1) is 0 Å². The summed E-state index contributed by atoms with van der Waals surface area (Å²) in [7, 11) is 0. The molecule has 2 aliphatic rings. The number of fused-ring (bicyclic) bond motifs is 1. The second kappa shape index (κ2) is 12.7. The minimum atomic E-state index is -0.230. The van der Waals surface area contributed by atoms with E-state index in [0.29, 0.717) is 6.54 Å². The van der Waals surface area contributed by atoms with Crippen molar-refractivity contribution in [2.24, 2.45) is 5.92 Å². The van der Waals surface area contributed by atoms with Gasteiger partial charge in [0.25, 0.3) is 0 Å². The molecular formula is C33H39FN6O. The third-order valence-corrected chi connectivity index (χ3v) is 8.48. The molecule has 1 aromatic heterocycles. The fourth-order valence-electron chi connectivity index (χ4n) is 6.10. The molecule has 2 saturated heterocycles. The number of benzene rings is 3. The summed E-state index contributed by atoms with van der Waals surface area (Å²) in [6.07, 6.45) is 2.60. The Morgan fingerprint density at radius 2 is 1.54 bits per heavy atom. The molecule has 1 N–H and O–H groups in total. The first-order chi connectivity index (χ1) is 20.1. The lowest BCUT2D eigenvalue weighted by Gasteiger charge is -2.36. The summed E-state index contributed by atoms with van der Waals surface area (Å²) in [6.45, 7) is 8.17. The summed E-state index contributed by atoms with van der Waals surface area (Å²) in [5.41, 5.74) is 4.35. The molecule has 0 bridgehead atoms. The van der Waals surface area contributed by atoms with E-state index in [4.69, 9.17) is 4.98 Å². The molecule has 214 valence electrons. The number of aromatic nitrogens is 2. The van der Waals surface area contributed by atoms with Crippen LogP contribution in [0.2, 0.25) is 0 Å². The standard InChI is InChI=1S/C33H39FN6O/c34-28-13-11-26(12-14-28)25-40-31-10-5-4-9-30(31)36-33(40)39-19-15-27(16-20-39)32(41)35-17-6-18-37-21-23-38(24-22-37)29-7-2-1-3-8-29/h1-5,7-14,27H,6,15-25H2,(H,35,41). The predicted molar refractivity (Wildman–Crippen MR) is 163 cm³/mol. The molecule has 41 heavy (non-hydrogen) atoms. The van der Waals surface area contributed by atoms with E-state index in [9.17, 15) is 9.18 Å². The van der Waals surface area contributed by atoms with Gasteiger partial charge in [-0.3, -0.25) is 9.69 Å². The van der Waals surface area contributed by atoms with E-state index in [1.165, 1.54) is 17.8 Å². The number of halogens is 1. The summed E-state index contributed by atoms with van der Waals surface area (Å²) >= 11 is 0. The van der Waals surface area contributed by atoms with Crippen LogP contribution in [0.15, 0.2) is 78.9 Å². The molecule has 0 atom stereocenters. The van der Waals surface area contributed by atoms with Crippen LogP contribution < -0.4 is 15.1 Å². The van der Waals surface area contributed by atoms with E-state index in [0.717, 1.165) is 94.2 Å². The van der Waals surface area contributed by atoms with Crippen molar-refractivity contribution in [2.75, 3.05) is 62.2 Å². The molecule has 3 aromatic carbocycles. The Bertz CT molecular complexity index is 1420. The highest BCUT2D eigenvalue weighted by Gasteiger charge is 2.28. The Kier molecular flexibility index (Phi) is 8.46. The fourth-order valence-corrected chi connectivity index (χ4v) is 6.10. The van der Waals surface area contributed by atoms with E-state index in [2.05, 4.69) is 61.0 Å². The van der Waals surface area contributed by atoms with Gasteiger partial charge in [0.1, 0.15) is 5.82 Å². The normalized spacial score (nSPS) is 16.8. The van der Waals surface area contributed by atoms with Crippen LogP contribution in [0.3, 0.4) is 0 Å². The average molecular weight is 555 g/mol. The Hall–Kier alpha value is -3.91. The van der Waals surface area contributed by atoms with Crippen LogP contribution in [-0.4, -0.2) is 72.7 Å². The van der Waals surface area contributed by atoms with Crippen molar-refractivity contribution in [2.45, 2.75) is 25.8 Å². The number of piperazine rings is 1. The number of rotatable bonds is 9. The lowest BCUT2D eigenvalue weighted by Crippen LogP contribution is -2.47. The number of anilines is 2. The van der Waals surface area contributed by atoms with E-state index in [1.54, 1.807) is 0 Å². The van der Waals surface area contributed by atoms with Crippen molar-refractivity contribution in [3.8, 4) is 0 Å². The number of piperidine rings is 1. The van der Waals surface area contributed by atoms with E-state index in [-0.39, 0.29) is 17.6 Å². The number of imidazole rings is 1. The van der Waals surface area contributed by atoms with Crippen LogP contribution in [0.4, 0.5) is 16.0 Å². The van der Waals surface area contributed by atoms with E-state index >= 15 is 0 Å². The zero-order valence-corrected chi connectivity index (χ0v) is 23.6. The van der Waals surface area contributed by atoms with Crippen LogP contribution in [0.25, 0.3) is 11.0 Å². The third kappa shape index (κ3) is 6.54. The molecule has 0 aliphatic carbocycles. The summed E-state index contributed by atoms with van der Waals surface area (Å²) in [4.78, 5) is 25.2. The largest absolute Gasteiger partial charge is 0.369 e. The van der Waals surface area contributed by atoms with E-state index in [1.807, 2.05) is 30.3 Å². The summed E-state index contributed by atoms with van der Waals surface area (Å²) < 4.78 is 15.7. The lowest BCUT2D eigenvalue weighted by molar-refractivity contribution is -0.125. The number of nitrogens with one attached hydrogen (secondary N) is 1. The van der Waals surface area contributed by atoms with Gasteiger partial charge < -0.3 is 19.7 Å². The molecule has 0 saturated carbocycles. The predicted octanol–water partition coefficient (Wildman–Crippen LogP) is 4.77. The third-order valence-electron chi connectivity index (χ3n) is 8.48. The zero-order chi connectivity index (χ0) is 28.0. The molecule has 2 fully saturated rings. The van der Waals surface area contributed by atoms with Gasteiger partial charge in [0.2, 0.25) is 11.9 Å². The Balaban J connectivity index is 0.968. The minimum absolute atomic E-state index is 0.0376. The Morgan fingerprint density at radius 1 is 0.829 bits per heavy atom. The van der Waals surface area contributed by atoms with Crippen LogP contribution in [0.5, 0.6) is 0 Å². The van der Waals surface area contributed by atoms with Crippen LogP contribution in [-0.2, 0) is 11.3 Å². The zero-order valence-electron chi connectivity index (χ0n) is 23.6. The first kappa shape index (κ1) is 27.3. The molecule has 0 radical (unpaired) electrons. The van der Waals surface area contributed by atoms with Crippen LogP contribution in [0.1, 0.15) is 24.8 Å². The number of amides is 1. The summed E-state index contributed by atoms with van der Waals surface area (Å²) in [5.74, 6) is 0.905. The molecule has 7 nitrogen and oxygen atoms in total. The first-order valence-corrected chi connectivity index (χ1v) is 14.9. The van der Waals surface area contributed by atoms with Crippen molar-refractivity contribution in [3.05, 3.63) is 90.2 Å². The van der Waals surface area contributed by atoms with Gasteiger partial charge >= 0.3 is 0 Å². The van der Waals surface area contributed by atoms with Crippen LogP contribution >= 0.6 is 0 Å². The molecule has 2 aliphatic heterocycles. The van der Waals surface area contributed by atoms with Crippen molar-refractivity contribution in [3.63, 3.8) is 0 Å². The van der Waals surface area contributed by atoms with Crippen LogP contribution in [0, 0.1) is 11.7 Å². The van der Waals surface area contributed by atoms with Gasteiger partial charge in [-0.25, -0.2) is 9.37 Å². The maximum atomic E-state index is 13.5. The minimum Gasteiger partial charge on any atom is -0.369 e. The molecule has 1 amide bonds. The van der Waals surface area contributed by atoms with Gasteiger partial charge in [-0.05, 0) is 67.8 Å². The summed E-state index contributed by atoms with van der Waals surface area (Å²) in [6, 6.07) is 25.4. The molecule has 8 heteroatoms. The van der Waals surface area contributed by atoms with Crippen molar-refractivity contribution in [1.82, 2.24) is 19.8 Å². The summed E-state index contributed by atoms with van der Waals surface area (Å²) in [5, 5.41) is 3.21. The van der Waals surface area contributed by atoms with Gasteiger partial charge in [0.05, 0.1) is 17.6 Å². The molecule has 3 heterocycles. The van der Waals surface area contributed by atoms with Crippen molar-refractivity contribution in [1.29, 1.82) is 0 Å². The van der Waals surface area contributed by atoms with Crippen molar-refractivity contribution >= 4 is 28.6 Å². The van der Waals surface area contributed by atoms with E-state index < -0.39 is 0 Å². The lowest BCUT2D eigenvalue weighted by atomic mass is 9.96. The average Bonchev–Trinajstić information content (AvgIpc) is 3.39. The molecular weight excluding hydrogens is 515 g/mol. The fraction of sp³-hybridized carbons (Fsp3) is 0.394. The Labute approximate surface area is 241 Å². The monoisotopic (exact) mass is 554 g/mol. The number of carbonyl (C=O) groups is 1. The number of hydrogen-bond acceptors (Lipinski definition) is 5. The first-order valence-electron chi connectivity index (χ1n) is 14.9. The SMILES string of the molecule is O=C(NCCCN1CCN(c2ccccc2)CC1)C1CCN(c2nc3ccccc3n2Cc2ccc(F)cc2)CC1. The Morgan fingerprint density at radius 3 is 2.29 bits per heavy atom. The highest BCUT2D eigenvalue weighted by molar-refractivity contribution is 5.80.